The summed E-state index contributed by atoms with van der Waals surface area (Å²) in [6.45, 7) is 1.92. The third kappa shape index (κ3) is 4.39. The van der Waals surface area contributed by atoms with Crippen molar-refractivity contribution in [3.8, 4) is 17.2 Å². The van der Waals surface area contributed by atoms with E-state index < -0.39 is 16.1 Å². The van der Waals surface area contributed by atoms with E-state index in [0.29, 0.717) is 29.4 Å². The number of nitrogens with zero attached hydrogens (tertiary/aromatic N) is 2. The van der Waals surface area contributed by atoms with Crippen molar-refractivity contribution in [1.82, 2.24) is 4.41 Å². The lowest BCUT2D eigenvalue weighted by Gasteiger charge is -2.23. The molecule has 0 aromatic heterocycles. The van der Waals surface area contributed by atoms with Crippen LogP contribution in [0.4, 0.5) is 0 Å². The molecule has 0 amide bonds. The lowest BCUT2D eigenvalue weighted by molar-refractivity contribution is 0.355. The number of hydrogen-bond donors (Lipinski definition) is 0. The minimum atomic E-state index is -3.88. The van der Waals surface area contributed by atoms with E-state index in [1.54, 1.807) is 51.7 Å². The van der Waals surface area contributed by atoms with Gasteiger partial charge in [0.25, 0.3) is 10.0 Å². The number of rotatable bonds is 7. The molecule has 0 bridgehead atoms. The normalized spacial score (nSPS) is 15.8. The molecule has 0 saturated carbocycles. The van der Waals surface area contributed by atoms with E-state index >= 15 is 0 Å². The van der Waals surface area contributed by atoms with Crippen molar-refractivity contribution in [2.75, 3.05) is 21.3 Å². The number of ether oxygens (including phenoxy) is 3. The Balaban J connectivity index is 1.79. The molecular formula is C25H26N2O5S. The molecule has 0 radical (unpaired) electrons. The molecule has 0 fully saturated rings. The van der Waals surface area contributed by atoms with Crippen LogP contribution in [-0.4, -0.2) is 39.9 Å². The highest BCUT2D eigenvalue weighted by atomic mass is 32.2. The first-order chi connectivity index (χ1) is 15.9. The molecule has 0 spiro atoms. The molecule has 3 aromatic rings. The Kier molecular flexibility index (Phi) is 6.29. The largest absolute Gasteiger partial charge is 0.497 e. The zero-order valence-electron chi connectivity index (χ0n) is 19.0. The molecule has 1 heterocycles. The van der Waals surface area contributed by atoms with Gasteiger partial charge in [-0.2, -0.15) is 17.9 Å². The summed E-state index contributed by atoms with van der Waals surface area (Å²) in [6.07, 6.45) is 0.410. The van der Waals surface area contributed by atoms with E-state index in [4.69, 9.17) is 14.2 Å². The number of hydrazone groups is 1. The average Bonchev–Trinajstić information content (AvgIpc) is 3.30. The van der Waals surface area contributed by atoms with Crippen LogP contribution in [0.15, 0.2) is 76.7 Å². The molecule has 0 aliphatic carbocycles. The summed E-state index contributed by atoms with van der Waals surface area (Å²) in [4.78, 5) is 0.198. The summed E-state index contributed by atoms with van der Waals surface area (Å²) in [5, 5.41) is 4.59. The van der Waals surface area contributed by atoms with E-state index in [2.05, 4.69) is 5.10 Å². The second-order valence-corrected chi connectivity index (χ2v) is 9.50. The van der Waals surface area contributed by atoms with Crippen LogP contribution in [0, 0.1) is 6.92 Å². The summed E-state index contributed by atoms with van der Waals surface area (Å²) >= 11 is 0. The maximum absolute atomic E-state index is 13.6. The lowest BCUT2D eigenvalue weighted by Crippen LogP contribution is -2.27. The van der Waals surface area contributed by atoms with Gasteiger partial charge in [-0.3, -0.25) is 0 Å². The quantitative estimate of drug-likeness (QED) is 0.510. The van der Waals surface area contributed by atoms with Gasteiger partial charge in [0.1, 0.15) is 5.75 Å². The van der Waals surface area contributed by atoms with E-state index in [9.17, 15) is 8.42 Å². The topological polar surface area (TPSA) is 77.4 Å². The number of methoxy groups -OCH3 is 3. The maximum atomic E-state index is 13.6. The second kappa shape index (κ2) is 9.15. The zero-order valence-corrected chi connectivity index (χ0v) is 19.8. The highest BCUT2D eigenvalue weighted by molar-refractivity contribution is 7.89. The Morgan fingerprint density at radius 3 is 2.12 bits per heavy atom. The minimum absolute atomic E-state index is 0.198. The zero-order chi connectivity index (χ0) is 23.6. The summed E-state index contributed by atoms with van der Waals surface area (Å²) in [6, 6.07) is 19.1. The maximum Gasteiger partial charge on any atom is 0.279 e. The van der Waals surface area contributed by atoms with Gasteiger partial charge in [0.05, 0.1) is 38.0 Å². The van der Waals surface area contributed by atoms with Crippen molar-refractivity contribution in [2.45, 2.75) is 24.3 Å². The Morgan fingerprint density at radius 1 is 0.848 bits per heavy atom. The van der Waals surface area contributed by atoms with Gasteiger partial charge >= 0.3 is 0 Å². The lowest BCUT2D eigenvalue weighted by atomic mass is 9.99. The molecule has 3 aromatic carbocycles. The van der Waals surface area contributed by atoms with Gasteiger partial charge in [-0.1, -0.05) is 29.8 Å². The summed E-state index contributed by atoms with van der Waals surface area (Å²) < 4.78 is 44.4. The van der Waals surface area contributed by atoms with Crippen LogP contribution in [0.2, 0.25) is 0 Å². The van der Waals surface area contributed by atoms with E-state index in [0.717, 1.165) is 16.7 Å². The van der Waals surface area contributed by atoms with Crippen LogP contribution < -0.4 is 14.2 Å². The van der Waals surface area contributed by atoms with Crippen molar-refractivity contribution >= 4 is 15.7 Å². The van der Waals surface area contributed by atoms with Gasteiger partial charge in [-0.25, -0.2) is 0 Å². The van der Waals surface area contributed by atoms with Crippen LogP contribution in [-0.2, 0) is 10.0 Å². The molecule has 8 heteroatoms. The molecule has 7 nitrogen and oxygen atoms in total. The Bertz CT molecular complexity index is 1270. The fourth-order valence-electron chi connectivity index (χ4n) is 3.79. The predicted octanol–water partition coefficient (Wildman–Crippen LogP) is 4.56. The van der Waals surface area contributed by atoms with E-state index in [-0.39, 0.29) is 4.90 Å². The monoisotopic (exact) mass is 466 g/mol. The van der Waals surface area contributed by atoms with Crippen molar-refractivity contribution in [3.05, 3.63) is 83.4 Å². The highest BCUT2D eigenvalue weighted by Crippen LogP contribution is 2.39. The highest BCUT2D eigenvalue weighted by Gasteiger charge is 2.38. The van der Waals surface area contributed by atoms with Gasteiger partial charge in [-0.15, -0.1) is 0 Å². The Hall–Kier alpha value is -3.52. The Morgan fingerprint density at radius 2 is 1.52 bits per heavy atom. The molecule has 0 N–H and O–H groups in total. The van der Waals surface area contributed by atoms with Crippen molar-refractivity contribution < 1.29 is 22.6 Å². The van der Waals surface area contributed by atoms with Gasteiger partial charge in [0.15, 0.2) is 11.5 Å². The first-order valence-corrected chi connectivity index (χ1v) is 11.9. The standard InChI is InChI=1S/C25H26N2O5S/c1-17-5-12-21(13-6-17)33(28,29)27-23(18-7-10-20(30-2)11-8-18)16-22(26-27)19-9-14-24(31-3)25(15-19)32-4/h5-15,23H,16H2,1-4H3/t23-/m1/s1. The number of benzene rings is 3. The number of hydrogen-bond acceptors (Lipinski definition) is 6. The molecule has 0 saturated heterocycles. The van der Waals surface area contributed by atoms with Gasteiger partial charge in [0, 0.05) is 12.0 Å². The average molecular weight is 467 g/mol. The fourth-order valence-corrected chi connectivity index (χ4v) is 5.23. The minimum Gasteiger partial charge on any atom is -0.497 e. The Labute approximate surface area is 194 Å². The molecule has 172 valence electrons. The van der Waals surface area contributed by atoms with Crippen molar-refractivity contribution in [2.24, 2.45) is 5.10 Å². The smallest absolute Gasteiger partial charge is 0.279 e. The van der Waals surface area contributed by atoms with Crippen molar-refractivity contribution in [3.63, 3.8) is 0 Å². The van der Waals surface area contributed by atoms with Gasteiger partial charge in [-0.05, 0) is 55.0 Å². The third-order valence-electron chi connectivity index (χ3n) is 5.66. The first-order valence-electron chi connectivity index (χ1n) is 10.4. The molecular weight excluding hydrogens is 440 g/mol. The summed E-state index contributed by atoms with van der Waals surface area (Å²) in [7, 11) is 0.847. The van der Waals surface area contributed by atoms with Crippen LogP contribution in [0.3, 0.4) is 0 Å². The SMILES string of the molecule is COc1ccc([C@H]2CC(c3ccc(OC)c(OC)c3)=NN2S(=O)(=O)c2ccc(C)cc2)cc1. The molecule has 1 aliphatic heterocycles. The van der Waals surface area contributed by atoms with E-state index in [1.807, 2.05) is 43.3 Å². The van der Waals surface area contributed by atoms with Crippen LogP contribution in [0.25, 0.3) is 0 Å². The number of aryl methyl sites for hydroxylation is 1. The second-order valence-electron chi connectivity index (χ2n) is 7.70. The fraction of sp³-hybridized carbons (Fsp3) is 0.240. The van der Waals surface area contributed by atoms with Crippen LogP contribution >= 0.6 is 0 Å². The van der Waals surface area contributed by atoms with Crippen LogP contribution in [0.1, 0.15) is 29.2 Å². The molecule has 0 unspecified atom stereocenters. The molecule has 1 atom stereocenters. The summed E-state index contributed by atoms with van der Waals surface area (Å²) in [5.41, 5.74) is 3.22. The number of sulfonamides is 1. The van der Waals surface area contributed by atoms with Crippen molar-refractivity contribution in [1.29, 1.82) is 0 Å². The molecule has 1 aliphatic rings. The molecule has 4 rings (SSSR count). The van der Waals surface area contributed by atoms with E-state index in [1.165, 1.54) is 4.41 Å². The van der Waals surface area contributed by atoms with Gasteiger partial charge < -0.3 is 14.2 Å². The first kappa shape index (κ1) is 22.7. The third-order valence-corrected chi connectivity index (χ3v) is 7.35. The van der Waals surface area contributed by atoms with Gasteiger partial charge in [0.2, 0.25) is 0 Å². The predicted molar refractivity (Wildman–Crippen MR) is 127 cm³/mol. The molecule has 33 heavy (non-hydrogen) atoms. The van der Waals surface area contributed by atoms with Crippen LogP contribution in [0.5, 0.6) is 17.2 Å². The summed E-state index contributed by atoms with van der Waals surface area (Å²) in [5.74, 6) is 1.85.